The Kier molecular flexibility index (Phi) is 7.84. The summed E-state index contributed by atoms with van der Waals surface area (Å²) in [5.41, 5.74) is 0. The molecular formula is C20H33N3O2S. The second-order valence-corrected chi connectivity index (χ2v) is 9.15. The third-order valence-electron chi connectivity index (χ3n) is 5.86. The summed E-state index contributed by atoms with van der Waals surface area (Å²) in [5.74, 6) is 0.313. The van der Waals surface area contributed by atoms with E-state index in [0.717, 1.165) is 18.0 Å². The molecule has 1 heterocycles. The van der Waals surface area contributed by atoms with Crippen molar-refractivity contribution in [3.63, 3.8) is 0 Å². The largest absolute Gasteiger partial charge is 0.362 e. The van der Waals surface area contributed by atoms with Crippen molar-refractivity contribution >= 4 is 28.7 Å². The highest BCUT2D eigenvalue weighted by Crippen LogP contribution is 2.26. The van der Waals surface area contributed by atoms with E-state index in [0.29, 0.717) is 19.0 Å². The molecule has 2 N–H and O–H groups in total. The molecule has 0 saturated heterocycles. The van der Waals surface area contributed by atoms with Gasteiger partial charge in [-0.3, -0.25) is 9.59 Å². The van der Waals surface area contributed by atoms with E-state index in [1.807, 2.05) is 0 Å². The highest BCUT2D eigenvalue weighted by atomic mass is 32.2. The molecule has 3 rings (SSSR count). The van der Waals surface area contributed by atoms with Crippen LogP contribution < -0.4 is 10.6 Å². The zero-order valence-electron chi connectivity index (χ0n) is 15.8. The Morgan fingerprint density at radius 1 is 0.962 bits per heavy atom. The molecule has 2 fully saturated rings. The van der Waals surface area contributed by atoms with Crippen LogP contribution >= 0.6 is 11.8 Å². The van der Waals surface area contributed by atoms with Gasteiger partial charge < -0.3 is 10.6 Å². The summed E-state index contributed by atoms with van der Waals surface area (Å²) < 4.78 is 0. The fourth-order valence-electron chi connectivity index (χ4n) is 4.24. The first-order valence-electron chi connectivity index (χ1n) is 10.6. The van der Waals surface area contributed by atoms with Gasteiger partial charge in [-0.25, -0.2) is 0 Å². The van der Waals surface area contributed by atoms with E-state index < -0.39 is 0 Å². The van der Waals surface area contributed by atoms with Crippen LogP contribution in [0.15, 0.2) is 4.99 Å². The second-order valence-electron chi connectivity index (χ2n) is 7.96. The van der Waals surface area contributed by atoms with Gasteiger partial charge in [0.1, 0.15) is 0 Å². The number of carbonyl (C=O) groups excluding carboxylic acids is 2. The predicted molar refractivity (Wildman–Crippen MR) is 107 cm³/mol. The van der Waals surface area contributed by atoms with Crippen molar-refractivity contribution in [1.82, 2.24) is 10.6 Å². The summed E-state index contributed by atoms with van der Waals surface area (Å²) in [4.78, 5) is 28.6. The van der Waals surface area contributed by atoms with Crippen LogP contribution in [0.5, 0.6) is 0 Å². The fourth-order valence-corrected chi connectivity index (χ4v) is 5.28. The number of hydrogen-bond donors (Lipinski definition) is 2. The first-order valence-corrected chi connectivity index (χ1v) is 11.4. The van der Waals surface area contributed by atoms with E-state index in [2.05, 4.69) is 15.6 Å². The molecule has 0 radical (unpaired) electrons. The van der Waals surface area contributed by atoms with Crippen LogP contribution in [-0.2, 0) is 9.59 Å². The molecular weight excluding hydrogens is 346 g/mol. The number of amides is 2. The SMILES string of the molecule is O=C(NCCC1SC(NC2CCCCCCC2)=NC1=O)C1CCCCC1. The van der Waals surface area contributed by atoms with Crippen molar-refractivity contribution in [2.75, 3.05) is 6.54 Å². The van der Waals surface area contributed by atoms with Gasteiger partial charge in [0.15, 0.2) is 5.17 Å². The van der Waals surface area contributed by atoms with Gasteiger partial charge in [-0.15, -0.1) is 0 Å². The molecule has 0 spiro atoms. The number of rotatable bonds is 5. The van der Waals surface area contributed by atoms with Crippen LogP contribution in [0.4, 0.5) is 0 Å². The Morgan fingerprint density at radius 3 is 2.31 bits per heavy atom. The van der Waals surface area contributed by atoms with E-state index in [9.17, 15) is 9.59 Å². The van der Waals surface area contributed by atoms with Gasteiger partial charge >= 0.3 is 0 Å². The number of hydrogen-bond acceptors (Lipinski definition) is 4. The molecule has 1 atom stereocenters. The maximum Gasteiger partial charge on any atom is 0.261 e. The molecule has 5 nitrogen and oxygen atoms in total. The monoisotopic (exact) mass is 379 g/mol. The van der Waals surface area contributed by atoms with E-state index in [1.165, 1.54) is 64.2 Å². The topological polar surface area (TPSA) is 70.6 Å². The lowest BCUT2D eigenvalue weighted by molar-refractivity contribution is -0.126. The average molecular weight is 380 g/mol. The highest BCUT2D eigenvalue weighted by molar-refractivity contribution is 8.15. The standard InChI is InChI=1S/C20H33N3O2S/c24-18(15-9-5-4-6-10-15)21-14-13-17-19(25)23-20(26-17)22-16-11-7-2-1-3-8-12-16/h15-17H,1-14H2,(H,21,24)(H,22,23,25). The molecule has 26 heavy (non-hydrogen) atoms. The predicted octanol–water partition coefficient (Wildman–Crippen LogP) is 3.77. The number of nitrogens with one attached hydrogen (secondary N) is 2. The number of thioether (sulfide) groups is 1. The van der Waals surface area contributed by atoms with Crippen molar-refractivity contribution in [2.45, 2.75) is 94.8 Å². The van der Waals surface area contributed by atoms with Crippen LogP contribution in [0.1, 0.15) is 83.5 Å². The number of carbonyl (C=O) groups is 2. The molecule has 0 aromatic carbocycles. The molecule has 6 heteroatoms. The molecule has 0 aromatic rings. The van der Waals surface area contributed by atoms with Crippen LogP contribution in [0.25, 0.3) is 0 Å². The average Bonchev–Trinajstić information content (AvgIpc) is 2.97. The first kappa shape index (κ1) is 19.7. The third-order valence-corrected chi connectivity index (χ3v) is 7.01. The Labute approximate surface area is 161 Å². The van der Waals surface area contributed by atoms with Crippen molar-refractivity contribution < 1.29 is 9.59 Å². The zero-order valence-corrected chi connectivity index (χ0v) is 16.6. The minimum absolute atomic E-state index is 0.0461. The summed E-state index contributed by atoms with van der Waals surface area (Å²) in [6.07, 6.45) is 15.2. The van der Waals surface area contributed by atoms with Crippen molar-refractivity contribution in [3.8, 4) is 0 Å². The number of nitrogens with zero attached hydrogens (tertiary/aromatic N) is 1. The normalized spacial score (nSPS) is 26.1. The minimum atomic E-state index is -0.141. The second kappa shape index (κ2) is 10.3. The van der Waals surface area contributed by atoms with Crippen molar-refractivity contribution in [3.05, 3.63) is 0 Å². The van der Waals surface area contributed by atoms with E-state index in [1.54, 1.807) is 11.8 Å². The van der Waals surface area contributed by atoms with Gasteiger partial charge in [-0.1, -0.05) is 63.1 Å². The molecule has 2 saturated carbocycles. The summed E-state index contributed by atoms with van der Waals surface area (Å²) in [5, 5.41) is 7.19. The Balaban J connectivity index is 1.36. The summed E-state index contributed by atoms with van der Waals surface area (Å²) in [7, 11) is 0. The lowest BCUT2D eigenvalue weighted by atomic mass is 9.89. The summed E-state index contributed by atoms with van der Waals surface area (Å²) in [6, 6.07) is 0.458. The highest BCUT2D eigenvalue weighted by Gasteiger charge is 2.30. The van der Waals surface area contributed by atoms with Gasteiger partial charge in [-0.2, -0.15) is 4.99 Å². The fraction of sp³-hybridized carbons (Fsp3) is 0.850. The maximum absolute atomic E-state index is 12.2. The number of amidine groups is 1. The molecule has 3 aliphatic rings. The molecule has 0 bridgehead atoms. The van der Waals surface area contributed by atoms with Gasteiger partial charge in [0, 0.05) is 18.5 Å². The first-order chi connectivity index (χ1) is 12.7. The van der Waals surface area contributed by atoms with Gasteiger partial charge in [0.2, 0.25) is 5.91 Å². The Hall–Kier alpha value is -1.04. The zero-order chi connectivity index (χ0) is 18.2. The molecule has 2 amide bonds. The van der Waals surface area contributed by atoms with Crippen LogP contribution in [0.2, 0.25) is 0 Å². The summed E-state index contributed by atoms with van der Waals surface area (Å²) in [6.45, 7) is 0.574. The Morgan fingerprint density at radius 2 is 1.58 bits per heavy atom. The van der Waals surface area contributed by atoms with Gasteiger partial charge in [-0.05, 0) is 32.1 Å². The van der Waals surface area contributed by atoms with Crippen molar-refractivity contribution in [2.24, 2.45) is 10.9 Å². The lowest BCUT2D eigenvalue weighted by Gasteiger charge is -2.22. The third kappa shape index (κ3) is 6.00. The number of aliphatic imine (C=N–C) groups is 1. The lowest BCUT2D eigenvalue weighted by Crippen LogP contribution is -2.34. The van der Waals surface area contributed by atoms with Gasteiger partial charge in [0.05, 0.1) is 5.25 Å². The van der Waals surface area contributed by atoms with E-state index in [4.69, 9.17) is 0 Å². The van der Waals surface area contributed by atoms with Crippen LogP contribution in [0, 0.1) is 5.92 Å². The smallest absolute Gasteiger partial charge is 0.261 e. The minimum Gasteiger partial charge on any atom is -0.362 e. The van der Waals surface area contributed by atoms with E-state index >= 15 is 0 Å². The summed E-state index contributed by atoms with van der Waals surface area (Å²) >= 11 is 1.55. The quantitative estimate of drug-likeness (QED) is 0.763. The molecule has 1 aliphatic heterocycles. The molecule has 2 aliphatic carbocycles. The van der Waals surface area contributed by atoms with E-state index in [-0.39, 0.29) is 23.0 Å². The Bertz CT molecular complexity index is 509. The molecule has 1 unspecified atom stereocenters. The van der Waals surface area contributed by atoms with Crippen LogP contribution in [0.3, 0.4) is 0 Å². The van der Waals surface area contributed by atoms with Crippen LogP contribution in [-0.4, -0.2) is 34.8 Å². The molecule has 146 valence electrons. The van der Waals surface area contributed by atoms with Gasteiger partial charge in [0.25, 0.3) is 5.91 Å². The molecule has 0 aromatic heterocycles. The maximum atomic E-state index is 12.2. The van der Waals surface area contributed by atoms with Crippen molar-refractivity contribution in [1.29, 1.82) is 0 Å².